The highest BCUT2D eigenvalue weighted by atomic mass is 32.2. The zero-order valence-electron chi connectivity index (χ0n) is 8.01. The summed E-state index contributed by atoms with van der Waals surface area (Å²) in [7, 11) is 0. The van der Waals surface area contributed by atoms with E-state index in [-0.39, 0.29) is 11.1 Å². The molecule has 0 amide bonds. The van der Waals surface area contributed by atoms with Gasteiger partial charge in [0.25, 0.3) is 0 Å². The average molecular weight is 234 g/mol. The summed E-state index contributed by atoms with van der Waals surface area (Å²) in [6.45, 7) is 0. The van der Waals surface area contributed by atoms with Gasteiger partial charge in [-0.25, -0.2) is 9.97 Å². The minimum Gasteiger partial charge on any atom is -0.227 e. The van der Waals surface area contributed by atoms with Gasteiger partial charge in [-0.1, -0.05) is 11.8 Å². The van der Waals surface area contributed by atoms with E-state index in [0.717, 1.165) is 30.7 Å². The van der Waals surface area contributed by atoms with Gasteiger partial charge in [0.05, 0.1) is 0 Å². The second kappa shape index (κ2) is 3.66. The lowest BCUT2D eigenvalue weighted by Crippen LogP contribution is -2.10. The summed E-state index contributed by atoms with van der Waals surface area (Å²) in [5, 5.41) is 0.201. The van der Waals surface area contributed by atoms with E-state index in [0.29, 0.717) is 5.69 Å². The number of rotatable bonds is 2. The first-order valence-corrected chi connectivity index (χ1v) is 5.73. The van der Waals surface area contributed by atoms with Crippen LogP contribution < -0.4 is 0 Å². The van der Waals surface area contributed by atoms with E-state index in [1.807, 2.05) is 0 Å². The molecule has 2 nitrogen and oxygen atoms in total. The smallest absolute Gasteiger partial charge is 0.227 e. The number of hydrogen-bond acceptors (Lipinski definition) is 3. The lowest BCUT2D eigenvalue weighted by molar-refractivity contribution is -0.141. The van der Waals surface area contributed by atoms with Gasteiger partial charge in [0.15, 0.2) is 5.16 Å². The Hall–Kier alpha value is -0.780. The van der Waals surface area contributed by atoms with E-state index in [9.17, 15) is 13.2 Å². The van der Waals surface area contributed by atoms with E-state index < -0.39 is 11.9 Å². The molecule has 0 aromatic carbocycles. The summed E-state index contributed by atoms with van der Waals surface area (Å²) >= 11 is 1.14. The van der Waals surface area contributed by atoms with Crippen LogP contribution in [0.15, 0.2) is 11.2 Å². The molecule has 1 fully saturated rings. The normalized spacial score (nSPS) is 16.8. The molecule has 0 unspecified atom stereocenters. The largest absolute Gasteiger partial charge is 0.433 e. The van der Waals surface area contributed by atoms with Crippen LogP contribution in [-0.2, 0) is 6.18 Å². The Kier molecular flexibility index (Phi) is 2.62. The van der Waals surface area contributed by atoms with Gasteiger partial charge in [-0.15, -0.1) is 0 Å². The summed E-state index contributed by atoms with van der Waals surface area (Å²) in [5.41, 5.74) is -0.301. The molecule has 0 saturated heterocycles. The highest BCUT2D eigenvalue weighted by Gasteiger charge is 2.35. The molecule has 0 atom stereocenters. The zero-order valence-corrected chi connectivity index (χ0v) is 8.82. The number of hydrogen-bond donors (Lipinski definition) is 0. The molecule has 1 aromatic heterocycles. The van der Waals surface area contributed by atoms with E-state index in [2.05, 4.69) is 9.97 Å². The highest BCUT2D eigenvalue weighted by molar-refractivity contribution is 7.98. The quantitative estimate of drug-likeness (QED) is 0.581. The predicted molar refractivity (Wildman–Crippen MR) is 50.8 cm³/mol. The zero-order chi connectivity index (χ0) is 11.1. The molecule has 6 heteroatoms. The fourth-order valence-electron chi connectivity index (χ4n) is 1.27. The maximum atomic E-state index is 12.5. The van der Waals surface area contributed by atoms with Crippen molar-refractivity contribution >= 4 is 11.8 Å². The van der Waals surface area contributed by atoms with Crippen molar-refractivity contribution in [3.8, 4) is 0 Å². The van der Waals surface area contributed by atoms with Crippen LogP contribution in [0.1, 0.15) is 30.1 Å². The molecule has 1 aliphatic rings. The van der Waals surface area contributed by atoms with Gasteiger partial charge in [-0.3, -0.25) is 0 Å². The van der Waals surface area contributed by atoms with Crippen molar-refractivity contribution in [2.45, 2.75) is 30.1 Å². The van der Waals surface area contributed by atoms with Gasteiger partial charge in [0.2, 0.25) is 0 Å². The Bertz CT molecular complexity index is 374. The number of halogens is 3. The fourth-order valence-corrected chi connectivity index (χ4v) is 1.65. The molecular formula is C9H9F3N2S. The van der Waals surface area contributed by atoms with Crippen molar-refractivity contribution in [2.75, 3.05) is 6.26 Å². The van der Waals surface area contributed by atoms with Gasteiger partial charge in [0.1, 0.15) is 5.69 Å². The molecule has 1 heterocycles. The molecule has 82 valence electrons. The molecule has 1 saturated carbocycles. The van der Waals surface area contributed by atoms with Crippen LogP contribution in [0.3, 0.4) is 0 Å². The first-order valence-electron chi connectivity index (χ1n) is 4.51. The predicted octanol–water partition coefficient (Wildman–Crippen LogP) is 3.09. The third kappa shape index (κ3) is 2.42. The minimum absolute atomic E-state index is 0.201. The van der Waals surface area contributed by atoms with Gasteiger partial charge < -0.3 is 0 Å². The molecule has 0 radical (unpaired) electrons. The average Bonchev–Trinajstić information content (AvgIpc) is 2.99. The van der Waals surface area contributed by atoms with E-state index in [1.165, 1.54) is 0 Å². The molecule has 15 heavy (non-hydrogen) atoms. The van der Waals surface area contributed by atoms with E-state index >= 15 is 0 Å². The summed E-state index contributed by atoms with van der Waals surface area (Å²) in [6.07, 6.45) is -0.840. The summed E-state index contributed by atoms with van der Waals surface area (Å²) < 4.78 is 37.4. The van der Waals surface area contributed by atoms with Crippen LogP contribution in [0.2, 0.25) is 0 Å². The van der Waals surface area contributed by atoms with Gasteiger partial charge in [-0.2, -0.15) is 13.2 Å². The Morgan fingerprint density at radius 1 is 1.33 bits per heavy atom. The molecule has 0 aliphatic heterocycles. The molecule has 1 aliphatic carbocycles. The van der Waals surface area contributed by atoms with Crippen LogP contribution in [0.25, 0.3) is 0 Å². The van der Waals surface area contributed by atoms with Crippen molar-refractivity contribution < 1.29 is 13.2 Å². The fraction of sp³-hybridized carbons (Fsp3) is 0.556. The van der Waals surface area contributed by atoms with Crippen LogP contribution >= 0.6 is 11.8 Å². The van der Waals surface area contributed by atoms with Crippen molar-refractivity contribution in [1.29, 1.82) is 0 Å². The van der Waals surface area contributed by atoms with Crippen molar-refractivity contribution in [1.82, 2.24) is 9.97 Å². The highest BCUT2D eigenvalue weighted by Crippen LogP contribution is 2.41. The molecule has 0 spiro atoms. The minimum atomic E-state index is -4.38. The molecule has 0 bridgehead atoms. The first kappa shape index (κ1) is 10.7. The number of thioether (sulfide) groups is 1. The van der Waals surface area contributed by atoms with Gasteiger partial charge in [0, 0.05) is 11.6 Å². The molecular weight excluding hydrogens is 225 g/mol. The Labute approximate surface area is 89.3 Å². The van der Waals surface area contributed by atoms with Crippen molar-refractivity contribution in [3.05, 3.63) is 17.5 Å². The SMILES string of the molecule is CSc1nc(C2CC2)cc(C(F)(F)F)n1. The third-order valence-electron chi connectivity index (χ3n) is 2.19. The second-order valence-corrected chi connectivity index (χ2v) is 4.21. The van der Waals surface area contributed by atoms with Crippen LogP contribution in [0, 0.1) is 0 Å². The number of aromatic nitrogens is 2. The lowest BCUT2D eigenvalue weighted by atomic mass is 10.2. The van der Waals surface area contributed by atoms with Crippen LogP contribution in [0.5, 0.6) is 0 Å². The molecule has 1 aromatic rings. The van der Waals surface area contributed by atoms with E-state index in [1.54, 1.807) is 6.26 Å². The Balaban J connectivity index is 2.41. The third-order valence-corrected chi connectivity index (χ3v) is 2.74. The Morgan fingerprint density at radius 2 is 2.00 bits per heavy atom. The van der Waals surface area contributed by atoms with Gasteiger partial charge in [-0.05, 0) is 25.2 Å². The monoisotopic (exact) mass is 234 g/mol. The summed E-state index contributed by atoms with van der Waals surface area (Å²) in [4.78, 5) is 7.54. The van der Waals surface area contributed by atoms with Crippen LogP contribution in [-0.4, -0.2) is 16.2 Å². The van der Waals surface area contributed by atoms with E-state index in [4.69, 9.17) is 0 Å². The Morgan fingerprint density at radius 3 is 2.47 bits per heavy atom. The maximum Gasteiger partial charge on any atom is 0.433 e. The number of alkyl halides is 3. The maximum absolute atomic E-state index is 12.5. The summed E-state index contributed by atoms with van der Waals surface area (Å²) in [6, 6.07) is 1.07. The second-order valence-electron chi connectivity index (χ2n) is 3.44. The van der Waals surface area contributed by atoms with Crippen molar-refractivity contribution in [3.63, 3.8) is 0 Å². The first-order chi connectivity index (χ1) is 7.00. The topological polar surface area (TPSA) is 25.8 Å². The number of nitrogens with zero attached hydrogens (tertiary/aromatic N) is 2. The van der Waals surface area contributed by atoms with Gasteiger partial charge >= 0.3 is 6.18 Å². The van der Waals surface area contributed by atoms with Crippen molar-refractivity contribution in [2.24, 2.45) is 0 Å². The summed E-state index contributed by atoms with van der Waals surface area (Å²) in [5.74, 6) is 0.208. The molecule has 0 N–H and O–H groups in total. The molecule has 2 rings (SSSR count). The standard InChI is InChI=1S/C9H9F3N2S/c1-15-8-13-6(5-2-3-5)4-7(14-8)9(10,11)12/h4-5H,2-3H2,1H3. The lowest BCUT2D eigenvalue weighted by Gasteiger charge is -2.08. The van der Waals surface area contributed by atoms with Crippen LogP contribution in [0.4, 0.5) is 13.2 Å².